The molecule has 2 aromatic rings. The molecular weight excluding hydrogens is 304 g/mol. The van der Waals surface area contributed by atoms with Crippen LogP contribution >= 0.6 is 11.3 Å². The fraction of sp³-hybridized carbons (Fsp3) is 0.267. The van der Waals surface area contributed by atoms with Gasteiger partial charge in [-0.3, -0.25) is 9.59 Å². The third kappa shape index (κ3) is 4.05. The number of aromatic nitrogens is 1. The Balaban J connectivity index is 2.01. The predicted molar refractivity (Wildman–Crippen MR) is 83.0 cm³/mol. The molecule has 1 atom stereocenters. The number of aliphatic carboxylic acids is 1. The zero-order valence-electron chi connectivity index (χ0n) is 12.2. The maximum Gasteiger partial charge on any atom is 0.325 e. The van der Waals surface area contributed by atoms with Gasteiger partial charge in [0.05, 0.1) is 19.2 Å². The molecule has 6 nitrogen and oxygen atoms in total. The summed E-state index contributed by atoms with van der Waals surface area (Å²) >= 11 is 1.44. The van der Waals surface area contributed by atoms with Gasteiger partial charge in [0, 0.05) is 10.9 Å². The highest BCUT2D eigenvalue weighted by Gasteiger charge is 2.15. The van der Waals surface area contributed by atoms with E-state index >= 15 is 0 Å². The summed E-state index contributed by atoms with van der Waals surface area (Å²) < 4.78 is 5.10. The molecule has 1 aromatic heterocycles. The van der Waals surface area contributed by atoms with E-state index in [9.17, 15) is 9.59 Å². The Bertz CT molecular complexity index is 666. The van der Waals surface area contributed by atoms with Gasteiger partial charge in [0.1, 0.15) is 16.8 Å². The fourth-order valence-electron chi connectivity index (χ4n) is 1.77. The van der Waals surface area contributed by atoms with E-state index in [-0.39, 0.29) is 12.3 Å². The first-order valence-electron chi connectivity index (χ1n) is 6.60. The highest BCUT2D eigenvalue weighted by atomic mass is 32.1. The second-order valence-corrected chi connectivity index (χ2v) is 5.53. The Morgan fingerprint density at radius 1 is 1.36 bits per heavy atom. The summed E-state index contributed by atoms with van der Waals surface area (Å²) in [7, 11) is 1.60. The number of hydrogen-bond donors (Lipinski definition) is 2. The standard InChI is InChI=1S/C15H16N2O4S/c1-9(15(19)20)16-13(18)7-11-8-22-14(17-11)10-3-5-12(21-2)6-4-10/h3-6,8-9H,7H2,1-2H3,(H,16,18)(H,19,20). The number of rotatable bonds is 6. The Hall–Kier alpha value is -2.41. The van der Waals surface area contributed by atoms with Crippen molar-refractivity contribution in [2.45, 2.75) is 19.4 Å². The molecule has 0 saturated heterocycles. The first-order chi connectivity index (χ1) is 10.5. The van der Waals surface area contributed by atoms with E-state index in [4.69, 9.17) is 9.84 Å². The van der Waals surface area contributed by atoms with E-state index in [1.165, 1.54) is 18.3 Å². The molecule has 7 heteroatoms. The van der Waals surface area contributed by atoms with Crippen molar-refractivity contribution in [3.05, 3.63) is 35.3 Å². The third-order valence-corrected chi connectivity index (χ3v) is 3.92. The molecule has 0 fully saturated rings. The number of carboxylic acids is 1. The number of nitrogens with zero attached hydrogens (tertiary/aromatic N) is 1. The smallest absolute Gasteiger partial charge is 0.325 e. The minimum atomic E-state index is -1.06. The van der Waals surface area contributed by atoms with Crippen molar-refractivity contribution in [1.29, 1.82) is 0 Å². The number of carbonyl (C=O) groups is 2. The summed E-state index contributed by atoms with van der Waals surface area (Å²) in [5.41, 5.74) is 1.56. The lowest BCUT2D eigenvalue weighted by atomic mass is 10.2. The Morgan fingerprint density at radius 2 is 2.05 bits per heavy atom. The molecule has 0 aliphatic carbocycles. The van der Waals surface area contributed by atoms with Gasteiger partial charge in [-0.15, -0.1) is 11.3 Å². The van der Waals surface area contributed by atoms with Gasteiger partial charge >= 0.3 is 5.97 Å². The van der Waals surface area contributed by atoms with Gasteiger partial charge in [-0.2, -0.15) is 0 Å². The molecule has 116 valence electrons. The highest BCUT2D eigenvalue weighted by Crippen LogP contribution is 2.25. The van der Waals surface area contributed by atoms with E-state index in [0.717, 1.165) is 16.3 Å². The van der Waals surface area contributed by atoms with Gasteiger partial charge in [-0.05, 0) is 31.2 Å². The maximum atomic E-state index is 11.7. The van der Waals surface area contributed by atoms with Crippen LogP contribution in [0, 0.1) is 0 Å². The molecule has 1 aromatic carbocycles. The van der Waals surface area contributed by atoms with Gasteiger partial charge in [-0.25, -0.2) is 4.98 Å². The van der Waals surface area contributed by atoms with E-state index in [1.54, 1.807) is 12.5 Å². The lowest BCUT2D eigenvalue weighted by molar-refractivity contribution is -0.141. The fourth-order valence-corrected chi connectivity index (χ4v) is 2.60. The van der Waals surface area contributed by atoms with Crippen LogP contribution in [0.1, 0.15) is 12.6 Å². The minimum Gasteiger partial charge on any atom is -0.497 e. The molecule has 0 radical (unpaired) electrons. The summed E-state index contributed by atoms with van der Waals surface area (Å²) in [4.78, 5) is 26.8. The minimum absolute atomic E-state index is 0.0598. The van der Waals surface area contributed by atoms with Crippen molar-refractivity contribution in [2.75, 3.05) is 7.11 Å². The predicted octanol–water partition coefficient (Wildman–Crippen LogP) is 1.95. The number of thiazole rings is 1. The van der Waals surface area contributed by atoms with E-state index in [2.05, 4.69) is 10.3 Å². The molecule has 0 aliphatic heterocycles. The first kappa shape index (κ1) is 16.0. The largest absolute Gasteiger partial charge is 0.497 e. The molecule has 0 spiro atoms. The summed E-state index contributed by atoms with van der Waals surface area (Å²) in [6, 6.07) is 6.57. The highest BCUT2D eigenvalue weighted by molar-refractivity contribution is 7.13. The third-order valence-electron chi connectivity index (χ3n) is 2.98. The average molecular weight is 320 g/mol. The summed E-state index contributed by atoms with van der Waals surface area (Å²) in [6.45, 7) is 1.42. The van der Waals surface area contributed by atoms with Crippen molar-refractivity contribution in [3.63, 3.8) is 0 Å². The summed E-state index contributed by atoms with van der Waals surface area (Å²) in [5.74, 6) is -0.658. The normalized spacial score (nSPS) is 11.7. The zero-order valence-corrected chi connectivity index (χ0v) is 13.0. The van der Waals surface area contributed by atoms with Crippen molar-refractivity contribution in [2.24, 2.45) is 0 Å². The van der Waals surface area contributed by atoms with Crippen LogP contribution in [0.2, 0.25) is 0 Å². The molecule has 0 saturated carbocycles. The average Bonchev–Trinajstić information content (AvgIpc) is 2.95. The van der Waals surface area contributed by atoms with Crippen LogP contribution in [0.5, 0.6) is 5.75 Å². The summed E-state index contributed by atoms with van der Waals surface area (Å²) in [5, 5.41) is 13.8. The van der Waals surface area contributed by atoms with Crippen LogP contribution in [0.3, 0.4) is 0 Å². The van der Waals surface area contributed by atoms with Crippen LogP contribution < -0.4 is 10.1 Å². The molecule has 0 bridgehead atoms. The second-order valence-electron chi connectivity index (χ2n) is 4.68. The number of carbonyl (C=O) groups excluding carboxylic acids is 1. The lowest BCUT2D eigenvalue weighted by Gasteiger charge is -2.07. The number of carboxylic acid groups (broad SMARTS) is 1. The Morgan fingerprint density at radius 3 is 2.64 bits per heavy atom. The monoisotopic (exact) mass is 320 g/mol. The number of benzene rings is 1. The van der Waals surface area contributed by atoms with Gasteiger partial charge in [0.2, 0.25) is 5.91 Å². The van der Waals surface area contributed by atoms with Crippen LogP contribution in [0.15, 0.2) is 29.6 Å². The molecule has 1 amide bonds. The van der Waals surface area contributed by atoms with Crippen molar-refractivity contribution < 1.29 is 19.4 Å². The molecule has 0 aliphatic rings. The zero-order chi connectivity index (χ0) is 16.1. The molecule has 2 N–H and O–H groups in total. The molecule has 1 heterocycles. The van der Waals surface area contributed by atoms with E-state index < -0.39 is 12.0 Å². The number of ether oxygens (including phenoxy) is 1. The van der Waals surface area contributed by atoms with Gasteiger partial charge < -0.3 is 15.2 Å². The van der Waals surface area contributed by atoms with Crippen LogP contribution in [-0.4, -0.2) is 35.1 Å². The second kappa shape index (κ2) is 7.04. The molecule has 2 rings (SSSR count). The van der Waals surface area contributed by atoms with Crippen LogP contribution in [-0.2, 0) is 16.0 Å². The maximum absolute atomic E-state index is 11.7. The molecule has 22 heavy (non-hydrogen) atoms. The summed E-state index contributed by atoms with van der Waals surface area (Å²) in [6.07, 6.45) is 0.0598. The van der Waals surface area contributed by atoms with Crippen molar-refractivity contribution >= 4 is 23.2 Å². The molecule has 1 unspecified atom stereocenters. The van der Waals surface area contributed by atoms with E-state index in [0.29, 0.717) is 5.69 Å². The van der Waals surface area contributed by atoms with Crippen LogP contribution in [0.25, 0.3) is 10.6 Å². The number of hydrogen-bond acceptors (Lipinski definition) is 5. The number of nitrogens with one attached hydrogen (secondary N) is 1. The van der Waals surface area contributed by atoms with Gasteiger partial charge in [0.15, 0.2) is 0 Å². The quantitative estimate of drug-likeness (QED) is 0.849. The van der Waals surface area contributed by atoms with Gasteiger partial charge in [0.25, 0.3) is 0 Å². The van der Waals surface area contributed by atoms with Crippen LogP contribution in [0.4, 0.5) is 0 Å². The topological polar surface area (TPSA) is 88.5 Å². The van der Waals surface area contributed by atoms with Crippen molar-refractivity contribution in [3.8, 4) is 16.3 Å². The van der Waals surface area contributed by atoms with Gasteiger partial charge in [-0.1, -0.05) is 0 Å². The Labute approximate surface area is 131 Å². The SMILES string of the molecule is COc1ccc(-c2nc(CC(=O)NC(C)C(=O)O)cs2)cc1. The Kier molecular flexibility index (Phi) is 5.11. The van der Waals surface area contributed by atoms with Crippen molar-refractivity contribution in [1.82, 2.24) is 10.3 Å². The number of methoxy groups -OCH3 is 1. The lowest BCUT2D eigenvalue weighted by Crippen LogP contribution is -2.39. The number of amides is 1. The molecular formula is C15H16N2O4S. The first-order valence-corrected chi connectivity index (χ1v) is 7.48. The van der Waals surface area contributed by atoms with E-state index in [1.807, 2.05) is 24.3 Å².